The SMILES string of the molecule is NC(=O)c1ccc(CNc2ncncc2Br)cn1. The number of carbonyl (C=O) groups excluding carboxylic acids is 1. The van der Waals surface area contributed by atoms with Crippen molar-refractivity contribution in [2.45, 2.75) is 6.54 Å². The normalized spacial score (nSPS) is 10.1. The van der Waals surface area contributed by atoms with Crippen LogP contribution >= 0.6 is 15.9 Å². The van der Waals surface area contributed by atoms with Crippen molar-refractivity contribution in [3.63, 3.8) is 0 Å². The average Bonchev–Trinajstić information content (AvgIpc) is 2.38. The van der Waals surface area contributed by atoms with Crippen LogP contribution in [0.25, 0.3) is 0 Å². The van der Waals surface area contributed by atoms with Gasteiger partial charge in [-0.15, -0.1) is 0 Å². The molecule has 1 amide bonds. The fraction of sp³-hybridized carbons (Fsp3) is 0.0909. The third-order valence-electron chi connectivity index (χ3n) is 2.20. The van der Waals surface area contributed by atoms with E-state index in [0.717, 1.165) is 10.0 Å². The van der Waals surface area contributed by atoms with E-state index in [0.29, 0.717) is 12.4 Å². The highest BCUT2D eigenvalue weighted by Crippen LogP contribution is 2.17. The maximum Gasteiger partial charge on any atom is 0.267 e. The fourth-order valence-corrected chi connectivity index (χ4v) is 1.66. The molecule has 6 nitrogen and oxygen atoms in total. The van der Waals surface area contributed by atoms with E-state index < -0.39 is 5.91 Å². The molecule has 0 atom stereocenters. The van der Waals surface area contributed by atoms with Gasteiger partial charge in [0, 0.05) is 18.9 Å². The summed E-state index contributed by atoms with van der Waals surface area (Å²) in [6.45, 7) is 0.543. The van der Waals surface area contributed by atoms with Crippen LogP contribution in [0.5, 0.6) is 0 Å². The first-order valence-electron chi connectivity index (χ1n) is 5.11. The Morgan fingerprint density at radius 2 is 2.17 bits per heavy atom. The van der Waals surface area contributed by atoms with Crippen LogP contribution in [0.2, 0.25) is 0 Å². The molecule has 0 saturated heterocycles. The first-order valence-corrected chi connectivity index (χ1v) is 5.90. The highest BCUT2D eigenvalue weighted by Gasteiger charge is 2.03. The number of anilines is 1. The summed E-state index contributed by atoms with van der Waals surface area (Å²) in [6, 6.07) is 3.38. The number of halogens is 1. The third kappa shape index (κ3) is 3.01. The first-order chi connectivity index (χ1) is 8.66. The summed E-state index contributed by atoms with van der Waals surface area (Å²) in [5, 5.41) is 3.12. The monoisotopic (exact) mass is 307 g/mol. The van der Waals surface area contributed by atoms with Gasteiger partial charge in [-0.25, -0.2) is 9.97 Å². The van der Waals surface area contributed by atoms with Crippen LogP contribution in [0.1, 0.15) is 16.1 Å². The molecule has 3 N–H and O–H groups in total. The summed E-state index contributed by atoms with van der Waals surface area (Å²) in [5.41, 5.74) is 6.28. The lowest BCUT2D eigenvalue weighted by molar-refractivity contribution is 0.0995. The lowest BCUT2D eigenvalue weighted by Crippen LogP contribution is -2.13. The van der Waals surface area contributed by atoms with Gasteiger partial charge in [0.15, 0.2) is 0 Å². The topological polar surface area (TPSA) is 93.8 Å². The second-order valence-corrected chi connectivity index (χ2v) is 4.34. The molecule has 0 aliphatic carbocycles. The van der Waals surface area contributed by atoms with Gasteiger partial charge in [0.25, 0.3) is 5.91 Å². The zero-order valence-electron chi connectivity index (χ0n) is 9.30. The molecule has 0 fully saturated rings. The highest BCUT2D eigenvalue weighted by atomic mass is 79.9. The van der Waals surface area contributed by atoms with Gasteiger partial charge in [0.2, 0.25) is 0 Å². The largest absolute Gasteiger partial charge is 0.365 e. The minimum atomic E-state index is -0.534. The Kier molecular flexibility index (Phi) is 3.83. The number of nitrogens with two attached hydrogens (primary N) is 1. The molecule has 0 bridgehead atoms. The molecule has 0 unspecified atom stereocenters. The molecule has 18 heavy (non-hydrogen) atoms. The van der Waals surface area contributed by atoms with Crippen LogP contribution in [0.4, 0.5) is 5.82 Å². The summed E-state index contributed by atoms with van der Waals surface area (Å²) in [7, 11) is 0. The molecule has 2 rings (SSSR count). The summed E-state index contributed by atoms with van der Waals surface area (Å²) >= 11 is 3.34. The molecule has 0 aromatic carbocycles. The third-order valence-corrected chi connectivity index (χ3v) is 2.79. The smallest absolute Gasteiger partial charge is 0.267 e. The van der Waals surface area contributed by atoms with Crippen molar-refractivity contribution < 1.29 is 4.79 Å². The molecule has 0 aliphatic rings. The maximum atomic E-state index is 10.9. The minimum absolute atomic E-state index is 0.252. The molecule has 92 valence electrons. The van der Waals surface area contributed by atoms with Crippen LogP contribution < -0.4 is 11.1 Å². The van der Waals surface area contributed by atoms with Crippen LogP contribution in [0.15, 0.2) is 35.3 Å². The van der Waals surface area contributed by atoms with E-state index in [1.54, 1.807) is 24.5 Å². The Hall–Kier alpha value is -2.02. The van der Waals surface area contributed by atoms with Gasteiger partial charge in [-0.2, -0.15) is 0 Å². The van der Waals surface area contributed by atoms with Crippen molar-refractivity contribution in [1.82, 2.24) is 15.0 Å². The molecule has 7 heteroatoms. The summed E-state index contributed by atoms with van der Waals surface area (Å²) in [4.78, 5) is 22.8. The van der Waals surface area contributed by atoms with Crippen LogP contribution in [0, 0.1) is 0 Å². The van der Waals surface area contributed by atoms with Gasteiger partial charge in [0.05, 0.1) is 4.47 Å². The Morgan fingerprint density at radius 3 is 2.78 bits per heavy atom. The fourth-order valence-electron chi connectivity index (χ4n) is 1.30. The van der Waals surface area contributed by atoms with Gasteiger partial charge in [0.1, 0.15) is 17.8 Å². The Balaban J connectivity index is 2.02. The molecule has 2 heterocycles. The van der Waals surface area contributed by atoms with Crippen molar-refractivity contribution >= 4 is 27.7 Å². The average molecular weight is 308 g/mol. The standard InChI is InChI=1S/C11H10BrN5O/c12-8-5-14-6-17-11(8)16-4-7-1-2-9(10(13)18)15-3-7/h1-3,5-6H,4H2,(H2,13,18)(H,14,16,17). The van der Waals surface area contributed by atoms with E-state index in [-0.39, 0.29) is 5.69 Å². The highest BCUT2D eigenvalue weighted by molar-refractivity contribution is 9.10. The van der Waals surface area contributed by atoms with E-state index in [1.807, 2.05) is 0 Å². The number of hydrogen-bond donors (Lipinski definition) is 2. The summed E-state index contributed by atoms with van der Waals surface area (Å²) in [5.74, 6) is 0.164. The van der Waals surface area contributed by atoms with Crippen molar-refractivity contribution in [3.05, 3.63) is 46.6 Å². The number of nitrogens with zero attached hydrogens (tertiary/aromatic N) is 3. The van der Waals surface area contributed by atoms with Crippen molar-refractivity contribution in [2.75, 3.05) is 5.32 Å². The van der Waals surface area contributed by atoms with E-state index >= 15 is 0 Å². The van der Waals surface area contributed by atoms with Gasteiger partial charge in [-0.3, -0.25) is 9.78 Å². The minimum Gasteiger partial charge on any atom is -0.365 e. The number of aromatic nitrogens is 3. The second kappa shape index (κ2) is 5.54. The molecule has 2 aromatic heterocycles. The molecule has 0 spiro atoms. The molecule has 2 aromatic rings. The zero-order valence-corrected chi connectivity index (χ0v) is 10.9. The molecule has 0 aliphatic heterocycles. The zero-order chi connectivity index (χ0) is 13.0. The molecular weight excluding hydrogens is 298 g/mol. The summed E-state index contributed by atoms with van der Waals surface area (Å²) in [6.07, 6.45) is 4.72. The van der Waals surface area contributed by atoms with Crippen LogP contribution in [-0.2, 0) is 6.54 Å². The van der Waals surface area contributed by atoms with E-state index in [4.69, 9.17) is 5.73 Å². The predicted molar refractivity (Wildman–Crippen MR) is 69.8 cm³/mol. The Bertz CT molecular complexity index is 558. The maximum absolute atomic E-state index is 10.9. The predicted octanol–water partition coefficient (Wildman–Crippen LogP) is 1.35. The van der Waals surface area contributed by atoms with E-state index in [9.17, 15) is 4.79 Å². The number of carbonyl (C=O) groups is 1. The lowest BCUT2D eigenvalue weighted by Gasteiger charge is -2.06. The second-order valence-electron chi connectivity index (χ2n) is 3.49. The Morgan fingerprint density at radius 1 is 1.33 bits per heavy atom. The van der Waals surface area contributed by atoms with Crippen molar-refractivity contribution in [3.8, 4) is 0 Å². The lowest BCUT2D eigenvalue weighted by atomic mass is 10.2. The number of hydrogen-bond acceptors (Lipinski definition) is 5. The summed E-state index contributed by atoms with van der Waals surface area (Å²) < 4.78 is 0.784. The van der Waals surface area contributed by atoms with E-state index in [2.05, 4.69) is 36.2 Å². The number of nitrogens with one attached hydrogen (secondary N) is 1. The number of pyridine rings is 1. The van der Waals surface area contributed by atoms with Crippen LogP contribution in [0.3, 0.4) is 0 Å². The van der Waals surface area contributed by atoms with Crippen molar-refractivity contribution in [1.29, 1.82) is 0 Å². The molecule has 0 saturated carbocycles. The van der Waals surface area contributed by atoms with Gasteiger partial charge in [-0.05, 0) is 27.6 Å². The molecule has 0 radical (unpaired) electrons. The number of primary amides is 1. The first kappa shape index (κ1) is 12.4. The van der Waals surface area contributed by atoms with Gasteiger partial charge < -0.3 is 11.1 Å². The number of rotatable bonds is 4. The number of amides is 1. The van der Waals surface area contributed by atoms with Crippen molar-refractivity contribution in [2.24, 2.45) is 5.73 Å². The van der Waals surface area contributed by atoms with E-state index in [1.165, 1.54) is 6.33 Å². The quantitative estimate of drug-likeness (QED) is 0.889. The molecular formula is C11H10BrN5O. The van der Waals surface area contributed by atoms with Gasteiger partial charge >= 0.3 is 0 Å². The Labute approximate surface area is 112 Å². The van der Waals surface area contributed by atoms with Crippen LogP contribution in [-0.4, -0.2) is 20.9 Å². The van der Waals surface area contributed by atoms with Gasteiger partial charge in [-0.1, -0.05) is 6.07 Å².